The lowest BCUT2D eigenvalue weighted by Gasteiger charge is -2.10. The van der Waals surface area contributed by atoms with Crippen molar-refractivity contribution in [3.05, 3.63) is 35.4 Å². The van der Waals surface area contributed by atoms with Gasteiger partial charge in [-0.25, -0.2) is 0 Å². The van der Waals surface area contributed by atoms with E-state index in [1.54, 1.807) is 0 Å². The minimum Gasteiger partial charge on any atom is -0.393 e. The number of hydrogen-bond acceptors (Lipinski definition) is 1. The van der Waals surface area contributed by atoms with Crippen LogP contribution in [-0.4, -0.2) is 4.99 Å². The lowest BCUT2D eigenvalue weighted by Crippen LogP contribution is -2.08. The zero-order valence-corrected chi connectivity index (χ0v) is 10.4. The number of benzene rings is 1. The Bertz CT molecular complexity index is 350. The molecule has 0 spiro atoms. The van der Waals surface area contributed by atoms with Crippen molar-refractivity contribution < 1.29 is 0 Å². The number of rotatable bonds is 4. The molecule has 0 radical (unpaired) electrons. The molecule has 0 atom stereocenters. The van der Waals surface area contributed by atoms with Gasteiger partial charge in [-0.2, -0.15) is 0 Å². The van der Waals surface area contributed by atoms with Crippen LogP contribution >= 0.6 is 12.2 Å². The second kappa shape index (κ2) is 5.44. The van der Waals surface area contributed by atoms with Crippen LogP contribution in [0.2, 0.25) is 0 Å². The fourth-order valence-electron chi connectivity index (χ4n) is 2.48. The summed E-state index contributed by atoms with van der Waals surface area (Å²) in [5.41, 5.74) is 8.35. The molecule has 0 unspecified atom stereocenters. The van der Waals surface area contributed by atoms with Crippen molar-refractivity contribution in [2.75, 3.05) is 0 Å². The van der Waals surface area contributed by atoms with E-state index in [2.05, 4.69) is 24.3 Å². The number of hydrogen-bond donors (Lipinski definition) is 1. The first kappa shape index (κ1) is 11.6. The highest BCUT2D eigenvalue weighted by atomic mass is 32.1. The van der Waals surface area contributed by atoms with Gasteiger partial charge in [0.1, 0.15) is 0 Å². The average molecular weight is 233 g/mol. The Morgan fingerprint density at radius 1 is 1.19 bits per heavy atom. The standard InChI is InChI=1S/C14H19NS/c15-14(16)10-7-11-5-8-13(9-6-11)12-3-1-2-4-12/h5-6,8-9,12H,1-4,7,10H2,(H2,15,16). The lowest BCUT2D eigenvalue weighted by molar-refractivity contribution is 0.722. The predicted octanol–water partition coefficient (Wildman–Crippen LogP) is 3.56. The maximum absolute atomic E-state index is 5.50. The van der Waals surface area contributed by atoms with E-state index in [1.807, 2.05) is 0 Å². The van der Waals surface area contributed by atoms with E-state index < -0.39 is 0 Å². The van der Waals surface area contributed by atoms with Crippen LogP contribution in [0.15, 0.2) is 24.3 Å². The fraction of sp³-hybridized carbons (Fsp3) is 0.500. The molecule has 0 aromatic heterocycles. The molecule has 1 saturated carbocycles. The summed E-state index contributed by atoms with van der Waals surface area (Å²) < 4.78 is 0. The molecule has 1 fully saturated rings. The maximum atomic E-state index is 5.50. The zero-order chi connectivity index (χ0) is 11.4. The van der Waals surface area contributed by atoms with Crippen LogP contribution in [0.4, 0.5) is 0 Å². The van der Waals surface area contributed by atoms with Gasteiger partial charge in [-0.1, -0.05) is 49.3 Å². The topological polar surface area (TPSA) is 26.0 Å². The third kappa shape index (κ3) is 3.05. The minimum absolute atomic E-state index is 0.611. The first-order valence-electron chi connectivity index (χ1n) is 6.13. The molecule has 16 heavy (non-hydrogen) atoms. The number of aryl methyl sites for hydroxylation is 1. The van der Waals surface area contributed by atoms with E-state index in [0.29, 0.717) is 4.99 Å². The maximum Gasteiger partial charge on any atom is 0.0730 e. The first-order chi connectivity index (χ1) is 7.75. The summed E-state index contributed by atoms with van der Waals surface area (Å²) in [5.74, 6) is 0.810. The summed E-state index contributed by atoms with van der Waals surface area (Å²) in [6.07, 6.45) is 7.32. The van der Waals surface area contributed by atoms with Crippen molar-refractivity contribution in [2.24, 2.45) is 5.73 Å². The Morgan fingerprint density at radius 3 is 2.38 bits per heavy atom. The van der Waals surface area contributed by atoms with Crippen LogP contribution in [0.1, 0.15) is 49.1 Å². The Kier molecular flexibility index (Phi) is 3.94. The van der Waals surface area contributed by atoms with Crippen molar-refractivity contribution >= 4 is 17.2 Å². The summed E-state index contributed by atoms with van der Waals surface area (Å²) >= 11 is 4.89. The van der Waals surface area contributed by atoms with Gasteiger partial charge in [0.25, 0.3) is 0 Å². The largest absolute Gasteiger partial charge is 0.393 e. The average Bonchev–Trinajstić information content (AvgIpc) is 2.80. The summed E-state index contributed by atoms with van der Waals surface area (Å²) in [5, 5.41) is 0. The molecule has 2 heteroatoms. The van der Waals surface area contributed by atoms with E-state index in [0.717, 1.165) is 18.8 Å². The molecule has 86 valence electrons. The molecule has 0 saturated heterocycles. The molecule has 1 nitrogen and oxygen atoms in total. The van der Waals surface area contributed by atoms with Crippen molar-refractivity contribution in [1.29, 1.82) is 0 Å². The van der Waals surface area contributed by atoms with Gasteiger partial charge in [0.15, 0.2) is 0 Å². The van der Waals surface area contributed by atoms with Crippen molar-refractivity contribution in [3.63, 3.8) is 0 Å². The van der Waals surface area contributed by atoms with E-state index in [-0.39, 0.29) is 0 Å². The van der Waals surface area contributed by atoms with E-state index in [1.165, 1.54) is 36.8 Å². The monoisotopic (exact) mass is 233 g/mol. The molecule has 1 aromatic rings. The van der Waals surface area contributed by atoms with Gasteiger partial charge in [-0.15, -0.1) is 0 Å². The molecule has 1 aliphatic rings. The molecule has 2 N–H and O–H groups in total. The van der Waals surface area contributed by atoms with Crippen LogP contribution in [0.25, 0.3) is 0 Å². The summed E-state index contributed by atoms with van der Waals surface area (Å²) in [4.78, 5) is 0.611. The normalized spacial score (nSPS) is 16.5. The molecule has 0 heterocycles. The van der Waals surface area contributed by atoms with Crippen LogP contribution in [-0.2, 0) is 6.42 Å². The molecule has 1 aromatic carbocycles. The molecule has 2 rings (SSSR count). The zero-order valence-electron chi connectivity index (χ0n) is 9.61. The quantitative estimate of drug-likeness (QED) is 0.805. The number of thiocarbonyl (C=S) groups is 1. The van der Waals surface area contributed by atoms with Gasteiger partial charge in [0.05, 0.1) is 4.99 Å². The van der Waals surface area contributed by atoms with Crippen molar-refractivity contribution in [1.82, 2.24) is 0 Å². The molecular formula is C14H19NS. The van der Waals surface area contributed by atoms with E-state index in [9.17, 15) is 0 Å². The van der Waals surface area contributed by atoms with E-state index >= 15 is 0 Å². The fourth-order valence-corrected chi connectivity index (χ4v) is 2.59. The Hall–Kier alpha value is -0.890. The van der Waals surface area contributed by atoms with Gasteiger partial charge >= 0.3 is 0 Å². The van der Waals surface area contributed by atoms with Gasteiger partial charge in [-0.05, 0) is 36.3 Å². The van der Waals surface area contributed by atoms with Gasteiger partial charge in [0.2, 0.25) is 0 Å². The van der Waals surface area contributed by atoms with Gasteiger partial charge in [-0.3, -0.25) is 0 Å². The van der Waals surface area contributed by atoms with Crippen LogP contribution in [0.3, 0.4) is 0 Å². The highest BCUT2D eigenvalue weighted by molar-refractivity contribution is 7.80. The Morgan fingerprint density at radius 2 is 1.81 bits per heavy atom. The van der Waals surface area contributed by atoms with Crippen LogP contribution < -0.4 is 5.73 Å². The van der Waals surface area contributed by atoms with Gasteiger partial charge in [0, 0.05) is 6.42 Å². The van der Waals surface area contributed by atoms with Gasteiger partial charge < -0.3 is 5.73 Å². The summed E-state index contributed by atoms with van der Waals surface area (Å²) in [6.45, 7) is 0. The highest BCUT2D eigenvalue weighted by Gasteiger charge is 2.16. The first-order valence-corrected chi connectivity index (χ1v) is 6.53. The lowest BCUT2D eigenvalue weighted by atomic mass is 9.96. The molecule has 1 aliphatic carbocycles. The van der Waals surface area contributed by atoms with Crippen molar-refractivity contribution in [3.8, 4) is 0 Å². The number of nitrogens with two attached hydrogens (primary N) is 1. The molecule has 0 aliphatic heterocycles. The Labute approximate surface area is 103 Å². The summed E-state index contributed by atoms with van der Waals surface area (Å²) in [6, 6.07) is 9.02. The van der Waals surface area contributed by atoms with Crippen LogP contribution in [0, 0.1) is 0 Å². The predicted molar refractivity (Wildman–Crippen MR) is 72.8 cm³/mol. The third-order valence-corrected chi connectivity index (χ3v) is 3.67. The van der Waals surface area contributed by atoms with Crippen LogP contribution in [0.5, 0.6) is 0 Å². The second-order valence-corrected chi connectivity index (χ2v) is 5.21. The summed E-state index contributed by atoms with van der Waals surface area (Å²) in [7, 11) is 0. The second-order valence-electron chi connectivity index (χ2n) is 4.69. The molecular weight excluding hydrogens is 214 g/mol. The molecule has 0 bridgehead atoms. The Balaban J connectivity index is 1.95. The SMILES string of the molecule is NC(=S)CCc1ccc(C2CCCC2)cc1. The van der Waals surface area contributed by atoms with Crippen molar-refractivity contribution in [2.45, 2.75) is 44.4 Å². The smallest absolute Gasteiger partial charge is 0.0730 e. The third-order valence-electron chi connectivity index (χ3n) is 3.47. The minimum atomic E-state index is 0.611. The molecule has 0 amide bonds. The van der Waals surface area contributed by atoms with E-state index in [4.69, 9.17) is 18.0 Å². The highest BCUT2D eigenvalue weighted by Crippen LogP contribution is 2.33.